The second kappa shape index (κ2) is 9.54. The summed E-state index contributed by atoms with van der Waals surface area (Å²) in [6, 6.07) is 6.49. The second-order valence-corrected chi connectivity index (χ2v) is 7.55. The highest BCUT2D eigenvalue weighted by Gasteiger charge is 2.58. The van der Waals surface area contributed by atoms with Gasteiger partial charge in [-0.05, 0) is 36.0 Å². The van der Waals surface area contributed by atoms with Crippen molar-refractivity contribution in [2.45, 2.75) is 32.7 Å². The van der Waals surface area contributed by atoms with Crippen LogP contribution < -0.4 is 20.9 Å². The second-order valence-electron chi connectivity index (χ2n) is 7.55. The van der Waals surface area contributed by atoms with E-state index in [0.717, 1.165) is 5.56 Å². The molecule has 1 aromatic carbocycles. The molecule has 0 saturated heterocycles. The number of hydrogen-bond donors (Lipinski definition) is 4. The van der Waals surface area contributed by atoms with Crippen LogP contribution in [0.2, 0.25) is 0 Å². The van der Waals surface area contributed by atoms with Gasteiger partial charge in [-0.1, -0.05) is 26.0 Å². The Hall–Kier alpha value is -2.61. The third-order valence-electron chi connectivity index (χ3n) is 5.11. The number of amides is 3. The molecule has 1 aliphatic carbocycles. The summed E-state index contributed by atoms with van der Waals surface area (Å²) < 4.78 is 5.13. The molecule has 0 heterocycles. The first-order valence-corrected chi connectivity index (χ1v) is 9.41. The van der Waals surface area contributed by atoms with Crippen LogP contribution in [0.5, 0.6) is 5.75 Å². The average Bonchev–Trinajstić information content (AvgIpc) is 3.39. The molecule has 1 saturated carbocycles. The maximum atomic E-state index is 12.8. The zero-order valence-electron chi connectivity index (χ0n) is 16.7. The lowest BCUT2D eigenvalue weighted by molar-refractivity contribution is -0.133. The van der Waals surface area contributed by atoms with E-state index in [4.69, 9.17) is 9.94 Å². The maximum absolute atomic E-state index is 12.8. The van der Waals surface area contributed by atoms with Crippen molar-refractivity contribution in [2.24, 2.45) is 23.7 Å². The van der Waals surface area contributed by atoms with Gasteiger partial charge in [0.25, 0.3) is 0 Å². The van der Waals surface area contributed by atoms with Gasteiger partial charge in [0.2, 0.25) is 17.7 Å². The van der Waals surface area contributed by atoms with Crippen molar-refractivity contribution >= 4 is 17.7 Å². The van der Waals surface area contributed by atoms with Crippen molar-refractivity contribution in [3.8, 4) is 5.75 Å². The van der Waals surface area contributed by atoms with E-state index in [1.54, 1.807) is 24.7 Å². The molecule has 8 nitrogen and oxygen atoms in total. The molecule has 3 amide bonds. The molecule has 154 valence electrons. The van der Waals surface area contributed by atoms with Crippen LogP contribution in [0.25, 0.3) is 0 Å². The molecule has 1 aliphatic rings. The van der Waals surface area contributed by atoms with E-state index in [2.05, 4.69) is 10.6 Å². The molecular formula is C20H29N3O5. The van der Waals surface area contributed by atoms with Crippen LogP contribution in [-0.2, 0) is 20.8 Å². The standard InChI is InChI=1S/C20H29N3O5/c1-11(2)9-14-16(17(14)20(26)23-27)19(25)22-15(18(24)21-3)10-12-5-7-13(28-4)8-6-12/h5-8,11,14-17,27H,9-10H2,1-4H3,(H,21,24)(H,22,25)(H,23,26)/t14?,15-,16?,17?/m0/s1. The molecule has 0 radical (unpaired) electrons. The van der Waals surface area contributed by atoms with Crippen molar-refractivity contribution in [2.75, 3.05) is 14.2 Å². The lowest BCUT2D eigenvalue weighted by Gasteiger charge is -2.18. The summed E-state index contributed by atoms with van der Waals surface area (Å²) >= 11 is 0. The van der Waals surface area contributed by atoms with Crippen molar-refractivity contribution in [3.05, 3.63) is 29.8 Å². The van der Waals surface area contributed by atoms with Crippen LogP contribution in [0.1, 0.15) is 25.8 Å². The zero-order chi connectivity index (χ0) is 20.8. The van der Waals surface area contributed by atoms with Crippen molar-refractivity contribution in [1.82, 2.24) is 16.1 Å². The van der Waals surface area contributed by atoms with Gasteiger partial charge in [0.15, 0.2) is 0 Å². The van der Waals surface area contributed by atoms with E-state index < -0.39 is 23.8 Å². The number of rotatable bonds is 9. The third-order valence-corrected chi connectivity index (χ3v) is 5.11. The Balaban J connectivity index is 2.09. The summed E-state index contributed by atoms with van der Waals surface area (Å²) in [6.07, 6.45) is 1.01. The van der Waals surface area contributed by atoms with E-state index in [0.29, 0.717) is 24.5 Å². The van der Waals surface area contributed by atoms with Crippen LogP contribution in [0.15, 0.2) is 24.3 Å². The molecule has 0 spiro atoms. The van der Waals surface area contributed by atoms with Gasteiger partial charge in [0.05, 0.1) is 18.9 Å². The quantitative estimate of drug-likeness (QED) is 0.368. The molecule has 2 rings (SSSR count). The number of carbonyl (C=O) groups excluding carboxylic acids is 3. The van der Waals surface area contributed by atoms with Crippen LogP contribution >= 0.6 is 0 Å². The van der Waals surface area contributed by atoms with E-state index >= 15 is 0 Å². The smallest absolute Gasteiger partial charge is 0.247 e. The highest BCUT2D eigenvalue weighted by atomic mass is 16.5. The fourth-order valence-corrected chi connectivity index (χ4v) is 3.65. The van der Waals surface area contributed by atoms with Gasteiger partial charge in [0, 0.05) is 13.5 Å². The lowest BCUT2D eigenvalue weighted by Crippen LogP contribution is -2.48. The Kier molecular flexibility index (Phi) is 7.39. The van der Waals surface area contributed by atoms with Crippen molar-refractivity contribution in [3.63, 3.8) is 0 Å². The van der Waals surface area contributed by atoms with Crippen molar-refractivity contribution in [1.29, 1.82) is 0 Å². The monoisotopic (exact) mass is 391 g/mol. The Morgan fingerprint density at radius 1 is 1.11 bits per heavy atom. The number of methoxy groups -OCH3 is 1. The normalized spacial score (nSPS) is 21.6. The molecular weight excluding hydrogens is 362 g/mol. The summed E-state index contributed by atoms with van der Waals surface area (Å²) in [5.74, 6) is -1.45. The number of benzene rings is 1. The molecule has 0 aliphatic heterocycles. The first kappa shape index (κ1) is 21.7. The minimum atomic E-state index is -0.760. The summed E-state index contributed by atoms with van der Waals surface area (Å²) in [7, 11) is 3.08. The van der Waals surface area contributed by atoms with E-state index in [-0.39, 0.29) is 17.7 Å². The molecule has 3 unspecified atom stereocenters. The molecule has 28 heavy (non-hydrogen) atoms. The molecule has 1 aromatic rings. The van der Waals surface area contributed by atoms with E-state index in [1.165, 1.54) is 7.05 Å². The number of likely N-dealkylation sites (N-methyl/N-ethyl adjacent to an activating group) is 1. The fourth-order valence-electron chi connectivity index (χ4n) is 3.65. The van der Waals surface area contributed by atoms with E-state index in [1.807, 2.05) is 26.0 Å². The number of nitrogens with one attached hydrogen (secondary N) is 3. The van der Waals surface area contributed by atoms with Crippen LogP contribution in [0.4, 0.5) is 0 Å². The molecule has 4 N–H and O–H groups in total. The molecule has 1 fully saturated rings. The Morgan fingerprint density at radius 3 is 2.21 bits per heavy atom. The minimum absolute atomic E-state index is 0.140. The summed E-state index contributed by atoms with van der Waals surface area (Å²) in [5, 5.41) is 14.3. The number of hydrogen-bond acceptors (Lipinski definition) is 5. The maximum Gasteiger partial charge on any atom is 0.247 e. The van der Waals surface area contributed by atoms with Crippen LogP contribution in [-0.4, -0.2) is 43.1 Å². The first-order chi connectivity index (χ1) is 13.3. The van der Waals surface area contributed by atoms with Gasteiger partial charge >= 0.3 is 0 Å². The van der Waals surface area contributed by atoms with Gasteiger partial charge in [0.1, 0.15) is 11.8 Å². The zero-order valence-corrected chi connectivity index (χ0v) is 16.7. The third kappa shape index (κ3) is 5.22. The van der Waals surface area contributed by atoms with Gasteiger partial charge in [-0.25, -0.2) is 5.48 Å². The topological polar surface area (TPSA) is 117 Å². The van der Waals surface area contributed by atoms with Crippen molar-refractivity contribution < 1.29 is 24.3 Å². The van der Waals surface area contributed by atoms with Gasteiger partial charge in [-0.15, -0.1) is 0 Å². The average molecular weight is 391 g/mol. The predicted octanol–water partition coefficient (Wildman–Crippen LogP) is 0.882. The van der Waals surface area contributed by atoms with Crippen LogP contribution in [0, 0.1) is 23.7 Å². The van der Waals surface area contributed by atoms with Gasteiger partial charge in [-0.2, -0.15) is 0 Å². The summed E-state index contributed by atoms with van der Waals surface area (Å²) in [6.45, 7) is 4.02. The van der Waals surface area contributed by atoms with Gasteiger partial charge < -0.3 is 15.4 Å². The Morgan fingerprint density at radius 2 is 1.71 bits per heavy atom. The number of carbonyl (C=O) groups is 3. The minimum Gasteiger partial charge on any atom is -0.497 e. The SMILES string of the molecule is CNC(=O)[C@H](Cc1ccc(OC)cc1)NC(=O)C1C(CC(C)C)C1C(=O)NO. The Labute approximate surface area is 165 Å². The Bertz CT molecular complexity index is 704. The number of ether oxygens (including phenoxy) is 1. The predicted molar refractivity (Wildman–Crippen MR) is 103 cm³/mol. The molecule has 0 aromatic heterocycles. The molecule has 0 bridgehead atoms. The van der Waals surface area contributed by atoms with E-state index in [9.17, 15) is 14.4 Å². The highest BCUT2D eigenvalue weighted by Crippen LogP contribution is 2.50. The molecule has 4 atom stereocenters. The fraction of sp³-hybridized carbons (Fsp3) is 0.550. The molecule has 8 heteroatoms. The summed E-state index contributed by atoms with van der Waals surface area (Å²) in [5.41, 5.74) is 2.51. The highest BCUT2D eigenvalue weighted by molar-refractivity contribution is 5.95. The summed E-state index contributed by atoms with van der Waals surface area (Å²) in [4.78, 5) is 36.9. The first-order valence-electron chi connectivity index (χ1n) is 9.41. The van der Waals surface area contributed by atoms with Gasteiger partial charge in [-0.3, -0.25) is 19.6 Å². The largest absolute Gasteiger partial charge is 0.497 e. The lowest BCUT2D eigenvalue weighted by atomic mass is 10.0. The van der Waals surface area contributed by atoms with Crippen LogP contribution in [0.3, 0.4) is 0 Å². The number of hydroxylamine groups is 1.